The van der Waals surface area contributed by atoms with Crippen molar-refractivity contribution >= 4 is 23.2 Å². The second-order valence-corrected chi connectivity index (χ2v) is 6.83. The minimum absolute atomic E-state index is 0.186. The number of benzene rings is 3. The quantitative estimate of drug-likeness (QED) is 0.461. The van der Waals surface area contributed by atoms with Crippen molar-refractivity contribution in [2.75, 3.05) is 17.2 Å². The average Bonchev–Trinajstić information content (AvgIpc) is 3.32. The van der Waals surface area contributed by atoms with Crippen LogP contribution < -0.4 is 15.4 Å². The molecule has 0 bridgehead atoms. The highest BCUT2D eigenvalue weighted by molar-refractivity contribution is 6.05. The molecule has 0 aliphatic rings. The summed E-state index contributed by atoms with van der Waals surface area (Å²) in [7, 11) is 0. The second kappa shape index (κ2) is 9.57. The molecular formula is C24H21N5O3. The zero-order chi connectivity index (χ0) is 22.3. The second-order valence-electron chi connectivity index (χ2n) is 6.83. The van der Waals surface area contributed by atoms with Crippen molar-refractivity contribution in [2.24, 2.45) is 0 Å². The monoisotopic (exact) mass is 427 g/mol. The molecule has 32 heavy (non-hydrogen) atoms. The topological polar surface area (TPSA) is 98.1 Å². The fourth-order valence-electron chi connectivity index (χ4n) is 2.98. The summed E-state index contributed by atoms with van der Waals surface area (Å²) in [4.78, 5) is 24.9. The number of carbonyl (C=O) groups is 2. The van der Waals surface area contributed by atoms with Gasteiger partial charge in [0.25, 0.3) is 11.8 Å². The lowest BCUT2D eigenvalue weighted by Gasteiger charge is -2.08. The Hall–Kier alpha value is -4.46. The third-order valence-corrected chi connectivity index (χ3v) is 4.57. The van der Waals surface area contributed by atoms with Crippen LogP contribution >= 0.6 is 0 Å². The lowest BCUT2D eigenvalue weighted by Crippen LogP contribution is -2.14. The molecule has 0 saturated heterocycles. The normalized spacial score (nSPS) is 10.4. The zero-order valence-electron chi connectivity index (χ0n) is 17.4. The Morgan fingerprint density at radius 3 is 2.12 bits per heavy atom. The van der Waals surface area contributed by atoms with Gasteiger partial charge in [0, 0.05) is 16.9 Å². The highest BCUT2D eigenvalue weighted by Crippen LogP contribution is 2.17. The van der Waals surface area contributed by atoms with E-state index in [1.165, 1.54) is 4.68 Å². The molecule has 2 N–H and O–H groups in total. The molecule has 3 aromatic carbocycles. The Labute approximate surface area is 184 Å². The molecule has 2 amide bonds. The van der Waals surface area contributed by atoms with Gasteiger partial charge in [0.05, 0.1) is 18.5 Å². The van der Waals surface area contributed by atoms with E-state index in [4.69, 9.17) is 4.74 Å². The maximum Gasteiger partial charge on any atom is 0.277 e. The molecule has 0 radical (unpaired) electrons. The molecule has 0 unspecified atom stereocenters. The number of hydrogen-bond acceptors (Lipinski definition) is 5. The number of amides is 2. The van der Waals surface area contributed by atoms with Crippen LogP contribution in [-0.4, -0.2) is 33.4 Å². The van der Waals surface area contributed by atoms with Crippen LogP contribution in [-0.2, 0) is 0 Å². The summed E-state index contributed by atoms with van der Waals surface area (Å²) in [6.07, 6.45) is 1.56. The molecule has 8 heteroatoms. The van der Waals surface area contributed by atoms with Gasteiger partial charge in [0.2, 0.25) is 0 Å². The van der Waals surface area contributed by atoms with Gasteiger partial charge in [-0.1, -0.05) is 23.4 Å². The van der Waals surface area contributed by atoms with E-state index in [-0.39, 0.29) is 11.6 Å². The standard InChI is InChI=1S/C24H21N5O3/c1-2-32-21-14-12-19(13-15-21)25-23(30)17-8-10-18(11-9-17)26-24(31)22-16-29(28-27-22)20-6-4-3-5-7-20/h3-16H,2H2,1H3,(H,25,30)(H,26,31). The summed E-state index contributed by atoms with van der Waals surface area (Å²) in [5.74, 6) is 0.103. The molecule has 1 heterocycles. The van der Waals surface area contributed by atoms with Crippen LogP contribution in [0.2, 0.25) is 0 Å². The van der Waals surface area contributed by atoms with E-state index in [0.29, 0.717) is 23.5 Å². The Kier molecular flexibility index (Phi) is 6.22. The van der Waals surface area contributed by atoms with Gasteiger partial charge in [0.1, 0.15) is 5.75 Å². The van der Waals surface area contributed by atoms with E-state index in [1.807, 2.05) is 37.3 Å². The SMILES string of the molecule is CCOc1ccc(NC(=O)c2ccc(NC(=O)c3cn(-c4ccccc4)nn3)cc2)cc1. The summed E-state index contributed by atoms with van der Waals surface area (Å²) in [6.45, 7) is 2.50. The Morgan fingerprint density at radius 2 is 1.47 bits per heavy atom. The molecule has 0 aliphatic carbocycles. The van der Waals surface area contributed by atoms with E-state index in [0.717, 1.165) is 11.4 Å². The molecule has 8 nitrogen and oxygen atoms in total. The van der Waals surface area contributed by atoms with Gasteiger partial charge < -0.3 is 15.4 Å². The van der Waals surface area contributed by atoms with Crippen LogP contribution in [0.3, 0.4) is 0 Å². The lowest BCUT2D eigenvalue weighted by molar-refractivity contribution is 0.101. The Balaban J connectivity index is 1.36. The van der Waals surface area contributed by atoms with Gasteiger partial charge in [-0.3, -0.25) is 9.59 Å². The van der Waals surface area contributed by atoms with E-state index in [1.54, 1.807) is 54.7 Å². The number of carbonyl (C=O) groups excluding carboxylic acids is 2. The molecule has 0 aliphatic heterocycles. The van der Waals surface area contributed by atoms with Gasteiger partial charge in [-0.2, -0.15) is 0 Å². The van der Waals surface area contributed by atoms with E-state index >= 15 is 0 Å². The molecule has 1 aromatic heterocycles. The van der Waals surface area contributed by atoms with Gasteiger partial charge >= 0.3 is 0 Å². The van der Waals surface area contributed by atoms with Crippen LogP contribution in [0.4, 0.5) is 11.4 Å². The van der Waals surface area contributed by atoms with Crippen molar-refractivity contribution in [2.45, 2.75) is 6.92 Å². The Bertz CT molecular complexity index is 1200. The van der Waals surface area contributed by atoms with Crippen LogP contribution in [0.5, 0.6) is 5.75 Å². The summed E-state index contributed by atoms with van der Waals surface area (Å²) in [6, 6.07) is 23.1. The summed E-state index contributed by atoms with van der Waals surface area (Å²) in [5, 5.41) is 13.5. The first-order valence-corrected chi connectivity index (χ1v) is 10.1. The summed E-state index contributed by atoms with van der Waals surface area (Å²) in [5.41, 5.74) is 2.67. The molecule has 0 fully saturated rings. The van der Waals surface area contributed by atoms with Crippen molar-refractivity contribution < 1.29 is 14.3 Å². The fourth-order valence-corrected chi connectivity index (χ4v) is 2.98. The highest BCUT2D eigenvalue weighted by atomic mass is 16.5. The number of ether oxygens (including phenoxy) is 1. The molecule has 0 atom stereocenters. The first kappa shape index (κ1) is 20.8. The lowest BCUT2D eigenvalue weighted by atomic mass is 10.2. The highest BCUT2D eigenvalue weighted by Gasteiger charge is 2.13. The van der Waals surface area contributed by atoms with Gasteiger partial charge in [-0.05, 0) is 67.6 Å². The molecule has 0 saturated carbocycles. The largest absolute Gasteiger partial charge is 0.494 e. The maximum absolute atomic E-state index is 12.5. The molecule has 4 aromatic rings. The number of rotatable bonds is 7. The smallest absolute Gasteiger partial charge is 0.277 e. The maximum atomic E-state index is 12.5. The van der Waals surface area contributed by atoms with E-state index in [2.05, 4.69) is 20.9 Å². The third-order valence-electron chi connectivity index (χ3n) is 4.57. The Morgan fingerprint density at radius 1 is 0.844 bits per heavy atom. The van der Waals surface area contributed by atoms with Crippen molar-refractivity contribution in [1.29, 1.82) is 0 Å². The van der Waals surface area contributed by atoms with Crippen molar-refractivity contribution in [3.05, 3.63) is 96.3 Å². The number of anilines is 2. The van der Waals surface area contributed by atoms with Crippen LogP contribution in [0, 0.1) is 0 Å². The first-order chi connectivity index (χ1) is 15.6. The fraction of sp³-hybridized carbons (Fsp3) is 0.0833. The van der Waals surface area contributed by atoms with E-state index < -0.39 is 5.91 Å². The molecular weight excluding hydrogens is 406 g/mol. The molecule has 0 spiro atoms. The van der Waals surface area contributed by atoms with Gasteiger partial charge in [-0.25, -0.2) is 4.68 Å². The summed E-state index contributed by atoms with van der Waals surface area (Å²) >= 11 is 0. The van der Waals surface area contributed by atoms with Crippen molar-refractivity contribution in [3.63, 3.8) is 0 Å². The number of nitrogens with one attached hydrogen (secondary N) is 2. The minimum atomic E-state index is -0.390. The van der Waals surface area contributed by atoms with Crippen molar-refractivity contribution in [1.82, 2.24) is 15.0 Å². The molecule has 4 rings (SSSR count). The van der Waals surface area contributed by atoms with Gasteiger partial charge in [0.15, 0.2) is 5.69 Å². The number of para-hydroxylation sites is 1. The predicted molar refractivity (Wildman–Crippen MR) is 121 cm³/mol. The zero-order valence-corrected chi connectivity index (χ0v) is 17.4. The van der Waals surface area contributed by atoms with Crippen molar-refractivity contribution in [3.8, 4) is 11.4 Å². The van der Waals surface area contributed by atoms with Crippen LogP contribution in [0.25, 0.3) is 5.69 Å². The first-order valence-electron chi connectivity index (χ1n) is 10.1. The minimum Gasteiger partial charge on any atom is -0.494 e. The van der Waals surface area contributed by atoms with Crippen LogP contribution in [0.15, 0.2) is 85.1 Å². The van der Waals surface area contributed by atoms with Crippen LogP contribution in [0.1, 0.15) is 27.8 Å². The number of aromatic nitrogens is 3. The van der Waals surface area contributed by atoms with E-state index in [9.17, 15) is 9.59 Å². The average molecular weight is 427 g/mol. The number of hydrogen-bond donors (Lipinski definition) is 2. The predicted octanol–water partition coefficient (Wildman–Crippen LogP) is 4.17. The summed E-state index contributed by atoms with van der Waals surface area (Å²) < 4.78 is 6.93. The molecule has 160 valence electrons. The van der Waals surface area contributed by atoms with Gasteiger partial charge in [-0.15, -0.1) is 5.10 Å². The third kappa shape index (κ3) is 4.99. The number of nitrogens with zero attached hydrogens (tertiary/aromatic N) is 3.